The summed E-state index contributed by atoms with van der Waals surface area (Å²) in [6.07, 6.45) is 1.50. The van der Waals surface area contributed by atoms with Crippen LogP contribution in [-0.4, -0.2) is 20.7 Å². The zero-order valence-electron chi connectivity index (χ0n) is 10.9. The Balaban J connectivity index is 1.87. The van der Waals surface area contributed by atoms with Crippen molar-refractivity contribution in [3.63, 3.8) is 0 Å². The summed E-state index contributed by atoms with van der Waals surface area (Å²) in [5, 5.41) is 6.17. The molecule has 0 saturated heterocycles. The van der Waals surface area contributed by atoms with E-state index in [4.69, 9.17) is 0 Å². The van der Waals surface area contributed by atoms with Crippen LogP contribution >= 0.6 is 0 Å². The van der Waals surface area contributed by atoms with Crippen LogP contribution in [0.2, 0.25) is 0 Å². The molecular formula is C15H12N4O. The van der Waals surface area contributed by atoms with Crippen molar-refractivity contribution in [2.24, 2.45) is 7.05 Å². The largest absolute Gasteiger partial charge is 0.300 e. The summed E-state index contributed by atoms with van der Waals surface area (Å²) in [7, 11) is 1.83. The van der Waals surface area contributed by atoms with Crippen LogP contribution in [0.15, 0.2) is 42.7 Å². The van der Waals surface area contributed by atoms with Gasteiger partial charge < -0.3 is 4.90 Å². The Morgan fingerprint density at radius 2 is 1.95 bits per heavy atom. The number of nitrogens with zero attached hydrogens (tertiary/aromatic N) is 4. The fourth-order valence-electron chi connectivity index (χ4n) is 2.74. The van der Waals surface area contributed by atoms with Crippen molar-refractivity contribution in [3.8, 4) is 0 Å². The molecule has 0 N–H and O–H groups in total. The van der Waals surface area contributed by atoms with Gasteiger partial charge in [0, 0.05) is 18.0 Å². The molecule has 0 fully saturated rings. The van der Waals surface area contributed by atoms with Gasteiger partial charge in [-0.3, -0.25) is 9.48 Å². The predicted molar refractivity (Wildman–Crippen MR) is 75.5 cm³/mol. The summed E-state index contributed by atoms with van der Waals surface area (Å²) in [4.78, 5) is 18.5. The minimum absolute atomic E-state index is 0.0276. The van der Waals surface area contributed by atoms with Crippen molar-refractivity contribution >= 4 is 22.4 Å². The number of amides is 1. The first kappa shape index (κ1) is 11.2. The summed E-state index contributed by atoms with van der Waals surface area (Å²) in [6, 6.07) is 11.8. The van der Waals surface area contributed by atoms with Gasteiger partial charge in [-0.25, -0.2) is 4.98 Å². The van der Waals surface area contributed by atoms with Crippen LogP contribution in [0.4, 0.5) is 5.69 Å². The van der Waals surface area contributed by atoms with Crippen LogP contribution in [0.25, 0.3) is 10.8 Å². The maximum Gasteiger partial charge on any atom is 0.259 e. The number of hydrogen-bond acceptors (Lipinski definition) is 3. The van der Waals surface area contributed by atoms with Gasteiger partial charge in [-0.15, -0.1) is 0 Å². The second kappa shape index (κ2) is 3.90. The van der Waals surface area contributed by atoms with E-state index in [1.807, 2.05) is 43.4 Å². The maximum atomic E-state index is 12.6. The van der Waals surface area contributed by atoms with Crippen molar-refractivity contribution < 1.29 is 4.79 Å². The molecule has 0 atom stereocenters. The van der Waals surface area contributed by atoms with E-state index in [2.05, 4.69) is 10.1 Å². The first-order valence-corrected chi connectivity index (χ1v) is 6.42. The molecule has 1 amide bonds. The molecule has 5 heteroatoms. The average molecular weight is 264 g/mol. The van der Waals surface area contributed by atoms with E-state index >= 15 is 0 Å². The fourth-order valence-corrected chi connectivity index (χ4v) is 2.74. The molecule has 20 heavy (non-hydrogen) atoms. The lowest BCUT2D eigenvalue weighted by Gasteiger charge is -2.16. The second-order valence-electron chi connectivity index (χ2n) is 4.87. The molecule has 0 bridgehead atoms. The quantitative estimate of drug-likeness (QED) is 0.712. The van der Waals surface area contributed by atoms with E-state index in [9.17, 15) is 4.79 Å². The van der Waals surface area contributed by atoms with Gasteiger partial charge in [-0.05, 0) is 17.5 Å². The van der Waals surface area contributed by atoms with Crippen molar-refractivity contribution in [3.05, 3.63) is 54.1 Å². The fraction of sp³-hybridized carbons (Fsp3) is 0.133. The molecule has 3 aromatic rings. The number of aromatic nitrogens is 3. The number of hydrogen-bond donors (Lipinski definition) is 0. The molecule has 0 saturated carbocycles. The van der Waals surface area contributed by atoms with Gasteiger partial charge in [-0.1, -0.05) is 24.3 Å². The highest BCUT2D eigenvalue weighted by atomic mass is 16.2. The summed E-state index contributed by atoms with van der Waals surface area (Å²) in [5.74, 6) is 0.794. The highest BCUT2D eigenvalue weighted by Gasteiger charge is 2.30. The summed E-state index contributed by atoms with van der Waals surface area (Å²) in [5.41, 5.74) is 1.71. The van der Waals surface area contributed by atoms with Gasteiger partial charge in [0.15, 0.2) is 0 Å². The number of rotatable bonds is 2. The molecule has 0 unspecified atom stereocenters. The molecule has 5 nitrogen and oxygen atoms in total. The van der Waals surface area contributed by atoms with Crippen molar-refractivity contribution in [2.45, 2.75) is 6.54 Å². The second-order valence-corrected chi connectivity index (χ2v) is 4.87. The minimum atomic E-state index is 0.0276. The average Bonchev–Trinajstić information content (AvgIpc) is 2.98. The zero-order chi connectivity index (χ0) is 13.7. The topological polar surface area (TPSA) is 51.0 Å². The smallest absolute Gasteiger partial charge is 0.259 e. The van der Waals surface area contributed by atoms with Crippen LogP contribution < -0.4 is 4.90 Å². The number of benzene rings is 2. The number of aryl methyl sites for hydroxylation is 1. The van der Waals surface area contributed by atoms with Crippen LogP contribution in [0.5, 0.6) is 0 Å². The van der Waals surface area contributed by atoms with Gasteiger partial charge in [-0.2, -0.15) is 5.10 Å². The summed E-state index contributed by atoms with van der Waals surface area (Å²) in [6.45, 7) is 0.434. The maximum absolute atomic E-state index is 12.6. The molecule has 2 aromatic carbocycles. The lowest BCUT2D eigenvalue weighted by molar-refractivity contribution is 0.0990. The first-order chi connectivity index (χ1) is 9.75. The van der Waals surface area contributed by atoms with Gasteiger partial charge in [0.1, 0.15) is 12.2 Å². The summed E-state index contributed by atoms with van der Waals surface area (Å²) < 4.78 is 1.69. The Morgan fingerprint density at radius 3 is 2.70 bits per heavy atom. The molecule has 1 aliphatic heterocycles. The SMILES string of the molecule is Cn1ncnc1CN1C(=O)c2cccc3cccc1c23. The van der Waals surface area contributed by atoms with Gasteiger partial charge in [0.25, 0.3) is 5.91 Å². The van der Waals surface area contributed by atoms with Crippen LogP contribution in [0, 0.1) is 0 Å². The van der Waals surface area contributed by atoms with Crippen molar-refractivity contribution in [1.29, 1.82) is 0 Å². The molecule has 0 radical (unpaired) electrons. The summed E-state index contributed by atoms with van der Waals surface area (Å²) >= 11 is 0. The van der Waals surface area contributed by atoms with Gasteiger partial charge in [0.2, 0.25) is 0 Å². The normalized spacial score (nSPS) is 13.4. The van der Waals surface area contributed by atoms with E-state index < -0.39 is 0 Å². The highest BCUT2D eigenvalue weighted by Crippen LogP contribution is 2.37. The van der Waals surface area contributed by atoms with Gasteiger partial charge >= 0.3 is 0 Å². The molecule has 4 rings (SSSR count). The van der Waals surface area contributed by atoms with E-state index in [0.717, 1.165) is 27.8 Å². The molecule has 1 aromatic heterocycles. The third-order valence-electron chi connectivity index (χ3n) is 3.75. The number of anilines is 1. The highest BCUT2D eigenvalue weighted by molar-refractivity contribution is 6.24. The van der Waals surface area contributed by atoms with E-state index in [0.29, 0.717) is 6.54 Å². The standard InChI is InChI=1S/C15H12N4O/c1-18-13(16-9-17-18)8-19-12-7-3-5-10-4-2-6-11(14(10)12)15(19)20/h2-7,9H,8H2,1H3. The Bertz CT molecular complexity index is 832. The number of carbonyl (C=O) groups is 1. The van der Waals surface area contributed by atoms with Crippen molar-refractivity contribution in [2.75, 3.05) is 4.90 Å². The van der Waals surface area contributed by atoms with Crippen LogP contribution in [0.1, 0.15) is 16.2 Å². The number of carbonyl (C=O) groups excluding carboxylic acids is 1. The molecule has 0 aliphatic carbocycles. The Morgan fingerprint density at radius 1 is 1.15 bits per heavy atom. The van der Waals surface area contributed by atoms with Crippen LogP contribution in [0.3, 0.4) is 0 Å². The molecule has 2 heterocycles. The van der Waals surface area contributed by atoms with Crippen molar-refractivity contribution in [1.82, 2.24) is 14.8 Å². The van der Waals surface area contributed by atoms with Gasteiger partial charge in [0.05, 0.1) is 12.2 Å². The van der Waals surface area contributed by atoms with E-state index in [1.54, 1.807) is 9.58 Å². The lowest BCUT2D eigenvalue weighted by Crippen LogP contribution is -2.27. The molecule has 98 valence electrons. The third kappa shape index (κ3) is 1.40. The third-order valence-corrected chi connectivity index (χ3v) is 3.75. The zero-order valence-corrected chi connectivity index (χ0v) is 10.9. The Labute approximate surface area is 115 Å². The monoisotopic (exact) mass is 264 g/mol. The molecule has 0 spiro atoms. The lowest BCUT2D eigenvalue weighted by atomic mass is 10.1. The van der Waals surface area contributed by atoms with E-state index in [1.165, 1.54) is 6.33 Å². The predicted octanol–water partition coefficient (Wildman–Crippen LogP) is 2.13. The molecular weight excluding hydrogens is 252 g/mol. The first-order valence-electron chi connectivity index (χ1n) is 6.42. The van der Waals surface area contributed by atoms with Crippen LogP contribution in [-0.2, 0) is 13.6 Å². The Kier molecular flexibility index (Phi) is 2.18. The molecule has 1 aliphatic rings. The van der Waals surface area contributed by atoms with E-state index in [-0.39, 0.29) is 5.91 Å². The Hall–Kier alpha value is -2.69. The minimum Gasteiger partial charge on any atom is -0.300 e.